The second-order valence-electron chi connectivity index (χ2n) is 4.67. The molecular formula is C15H12F3N3O2S. The number of hydrogen-bond acceptors (Lipinski definition) is 3. The molecule has 0 amide bonds. The van der Waals surface area contributed by atoms with Gasteiger partial charge in [0.15, 0.2) is 5.11 Å². The number of alkyl halides is 3. The van der Waals surface area contributed by atoms with Crippen molar-refractivity contribution in [2.45, 2.75) is 6.18 Å². The normalized spacial score (nSPS) is 10.8. The molecule has 0 heterocycles. The van der Waals surface area contributed by atoms with Gasteiger partial charge >= 0.3 is 12.1 Å². The van der Waals surface area contributed by atoms with E-state index in [1.807, 2.05) is 0 Å². The predicted molar refractivity (Wildman–Crippen MR) is 87.8 cm³/mol. The molecule has 4 N–H and O–H groups in total. The Kier molecular flexibility index (Phi) is 5.24. The van der Waals surface area contributed by atoms with E-state index in [0.717, 1.165) is 12.1 Å². The van der Waals surface area contributed by atoms with Crippen molar-refractivity contribution in [3.05, 3.63) is 59.7 Å². The molecule has 0 aliphatic heterocycles. The van der Waals surface area contributed by atoms with Crippen LogP contribution < -0.4 is 16.2 Å². The summed E-state index contributed by atoms with van der Waals surface area (Å²) < 4.78 is 37.9. The molecule has 0 saturated heterocycles. The smallest absolute Gasteiger partial charge is 0.416 e. The van der Waals surface area contributed by atoms with Crippen LogP contribution in [-0.4, -0.2) is 16.2 Å². The molecular weight excluding hydrogens is 343 g/mol. The molecule has 0 aliphatic rings. The van der Waals surface area contributed by atoms with E-state index in [0.29, 0.717) is 5.69 Å². The molecule has 0 aromatic heterocycles. The fraction of sp³-hybridized carbons (Fsp3) is 0.0667. The molecule has 0 radical (unpaired) electrons. The second kappa shape index (κ2) is 7.18. The van der Waals surface area contributed by atoms with E-state index >= 15 is 0 Å². The number of thiocarbonyl (C=S) groups is 1. The predicted octanol–water partition coefficient (Wildman–Crippen LogP) is 3.72. The number of hydrogen-bond donors (Lipinski definition) is 4. The summed E-state index contributed by atoms with van der Waals surface area (Å²) in [4.78, 5) is 10.7. The molecule has 0 saturated carbocycles. The van der Waals surface area contributed by atoms with E-state index in [2.05, 4.69) is 16.2 Å². The molecule has 0 unspecified atom stereocenters. The summed E-state index contributed by atoms with van der Waals surface area (Å²) >= 11 is 4.98. The fourth-order valence-corrected chi connectivity index (χ4v) is 1.93. The van der Waals surface area contributed by atoms with E-state index in [9.17, 15) is 18.0 Å². The largest absolute Gasteiger partial charge is 0.478 e. The zero-order chi connectivity index (χ0) is 17.7. The van der Waals surface area contributed by atoms with Gasteiger partial charge in [0.1, 0.15) is 0 Å². The van der Waals surface area contributed by atoms with Crippen LogP contribution in [0, 0.1) is 0 Å². The summed E-state index contributed by atoms with van der Waals surface area (Å²) in [6.45, 7) is 0. The van der Waals surface area contributed by atoms with E-state index in [-0.39, 0.29) is 16.4 Å². The van der Waals surface area contributed by atoms with Crippen molar-refractivity contribution in [1.29, 1.82) is 0 Å². The molecule has 0 bridgehead atoms. The SMILES string of the molecule is O=C(O)c1ccc(NNC(=S)Nc2cccc(C(F)(F)F)c2)cc1. The van der Waals surface area contributed by atoms with Gasteiger partial charge in [0.25, 0.3) is 0 Å². The van der Waals surface area contributed by atoms with Gasteiger partial charge in [-0.2, -0.15) is 13.2 Å². The number of nitrogens with one attached hydrogen (secondary N) is 3. The Hall–Kier alpha value is -2.81. The Morgan fingerprint density at radius 3 is 2.29 bits per heavy atom. The van der Waals surface area contributed by atoms with Gasteiger partial charge in [-0.15, -0.1) is 0 Å². The third-order valence-electron chi connectivity index (χ3n) is 2.90. The Bertz CT molecular complexity index is 748. The van der Waals surface area contributed by atoms with Crippen molar-refractivity contribution in [1.82, 2.24) is 5.43 Å². The molecule has 2 rings (SSSR count). The first-order valence-corrected chi connectivity index (χ1v) is 7.00. The molecule has 9 heteroatoms. The first-order valence-electron chi connectivity index (χ1n) is 6.59. The second-order valence-corrected chi connectivity index (χ2v) is 5.07. The summed E-state index contributed by atoms with van der Waals surface area (Å²) in [5.74, 6) is -1.05. The minimum atomic E-state index is -4.43. The third kappa shape index (κ3) is 4.85. The number of carbonyl (C=O) groups is 1. The molecule has 0 atom stereocenters. The number of carboxylic acids is 1. The van der Waals surface area contributed by atoms with Gasteiger partial charge in [-0.25, -0.2) is 4.79 Å². The molecule has 5 nitrogen and oxygen atoms in total. The third-order valence-corrected chi connectivity index (χ3v) is 3.10. The first-order chi connectivity index (χ1) is 11.3. The molecule has 0 fully saturated rings. The average Bonchev–Trinajstić information content (AvgIpc) is 2.53. The number of aromatic carboxylic acids is 1. The van der Waals surface area contributed by atoms with Crippen LogP contribution in [0.3, 0.4) is 0 Å². The highest BCUT2D eigenvalue weighted by Crippen LogP contribution is 2.30. The summed E-state index contributed by atoms with van der Waals surface area (Å²) in [6, 6.07) is 10.5. The number of benzene rings is 2. The highest BCUT2D eigenvalue weighted by atomic mass is 32.1. The highest BCUT2D eigenvalue weighted by molar-refractivity contribution is 7.80. The monoisotopic (exact) mass is 355 g/mol. The van der Waals surface area contributed by atoms with Gasteiger partial charge in [0.05, 0.1) is 16.8 Å². The van der Waals surface area contributed by atoms with Crippen LogP contribution in [0.2, 0.25) is 0 Å². The van der Waals surface area contributed by atoms with Crippen LogP contribution in [0.1, 0.15) is 15.9 Å². The summed E-state index contributed by atoms with van der Waals surface area (Å²) in [7, 11) is 0. The van der Waals surface area contributed by atoms with Gasteiger partial charge in [-0.1, -0.05) is 6.07 Å². The van der Waals surface area contributed by atoms with Crippen molar-refractivity contribution < 1.29 is 23.1 Å². The Balaban J connectivity index is 1.93. The summed E-state index contributed by atoms with van der Waals surface area (Å²) in [5, 5.41) is 11.5. The number of carboxylic acid groups (broad SMARTS) is 1. The van der Waals surface area contributed by atoms with E-state index in [1.54, 1.807) is 0 Å². The number of halogens is 3. The molecule has 24 heavy (non-hydrogen) atoms. The maximum Gasteiger partial charge on any atom is 0.416 e. The topological polar surface area (TPSA) is 73.4 Å². The van der Waals surface area contributed by atoms with Gasteiger partial charge in [-0.05, 0) is 54.7 Å². The Morgan fingerprint density at radius 1 is 1.04 bits per heavy atom. The van der Waals surface area contributed by atoms with Crippen LogP contribution in [-0.2, 0) is 6.18 Å². The molecule has 2 aromatic carbocycles. The zero-order valence-electron chi connectivity index (χ0n) is 12.0. The quantitative estimate of drug-likeness (QED) is 0.495. The lowest BCUT2D eigenvalue weighted by Gasteiger charge is -2.14. The zero-order valence-corrected chi connectivity index (χ0v) is 12.8. The summed E-state index contributed by atoms with van der Waals surface area (Å²) in [5.41, 5.74) is 5.37. The van der Waals surface area contributed by atoms with E-state index in [1.165, 1.54) is 36.4 Å². The Morgan fingerprint density at radius 2 is 1.71 bits per heavy atom. The van der Waals surface area contributed by atoms with Crippen LogP contribution in [0.25, 0.3) is 0 Å². The average molecular weight is 355 g/mol. The van der Waals surface area contributed by atoms with Crippen LogP contribution in [0.15, 0.2) is 48.5 Å². The molecule has 2 aromatic rings. The van der Waals surface area contributed by atoms with Gasteiger partial charge in [0.2, 0.25) is 0 Å². The van der Waals surface area contributed by atoms with Gasteiger partial charge < -0.3 is 10.4 Å². The number of rotatable bonds is 4. The van der Waals surface area contributed by atoms with Crippen LogP contribution in [0.4, 0.5) is 24.5 Å². The van der Waals surface area contributed by atoms with Crippen molar-refractivity contribution in [3.63, 3.8) is 0 Å². The molecule has 0 spiro atoms. The Labute approximate surface area is 140 Å². The van der Waals surface area contributed by atoms with Crippen molar-refractivity contribution >= 4 is 34.7 Å². The first kappa shape index (κ1) is 17.5. The van der Waals surface area contributed by atoms with Crippen molar-refractivity contribution in [2.75, 3.05) is 10.7 Å². The lowest BCUT2D eigenvalue weighted by molar-refractivity contribution is -0.137. The standard InChI is InChI=1S/C15H12F3N3O2S/c16-15(17,18)10-2-1-3-12(8-10)19-14(24)21-20-11-6-4-9(5-7-11)13(22)23/h1-8,20H,(H,22,23)(H2,19,21,24). The highest BCUT2D eigenvalue weighted by Gasteiger charge is 2.30. The minimum Gasteiger partial charge on any atom is -0.478 e. The minimum absolute atomic E-state index is 0.0524. The van der Waals surface area contributed by atoms with E-state index < -0.39 is 17.7 Å². The molecule has 0 aliphatic carbocycles. The van der Waals surface area contributed by atoms with E-state index in [4.69, 9.17) is 17.3 Å². The lowest BCUT2D eigenvalue weighted by atomic mass is 10.2. The van der Waals surface area contributed by atoms with Crippen molar-refractivity contribution in [2.24, 2.45) is 0 Å². The lowest BCUT2D eigenvalue weighted by Crippen LogP contribution is -2.33. The summed E-state index contributed by atoms with van der Waals surface area (Å²) in [6.07, 6.45) is -4.43. The maximum atomic E-state index is 12.6. The van der Waals surface area contributed by atoms with Gasteiger partial charge in [-0.3, -0.25) is 10.9 Å². The van der Waals surface area contributed by atoms with Crippen LogP contribution >= 0.6 is 12.2 Å². The van der Waals surface area contributed by atoms with Gasteiger partial charge in [0, 0.05) is 5.69 Å². The fourth-order valence-electron chi connectivity index (χ4n) is 1.76. The number of hydrazine groups is 1. The maximum absolute atomic E-state index is 12.6. The van der Waals surface area contributed by atoms with Crippen molar-refractivity contribution in [3.8, 4) is 0 Å². The number of anilines is 2. The van der Waals surface area contributed by atoms with Crippen LogP contribution in [0.5, 0.6) is 0 Å². The molecule has 126 valence electrons.